The number of alkyl halides is 3. The molecule has 0 aliphatic rings. The first-order chi connectivity index (χ1) is 10.2. The Morgan fingerprint density at radius 2 is 1.95 bits per heavy atom. The quantitative estimate of drug-likeness (QED) is 0.860. The van der Waals surface area contributed by atoms with Crippen LogP contribution < -0.4 is 5.73 Å². The molecule has 2 rings (SSSR count). The van der Waals surface area contributed by atoms with Gasteiger partial charge in [-0.3, -0.25) is 0 Å². The van der Waals surface area contributed by atoms with E-state index in [0.717, 1.165) is 18.7 Å². The van der Waals surface area contributed by atoms with E-state index in [1.54, 1.807) is 0 Å². The van der Waals surface area contributed by atoms with Crippen LogP contribution >= 0.6 is 11.3 Å². The lowest BCUT2D eigenvalue weighted by Gasteiger charge is -2.14. The van der Waals surface area contributed by atoms with Crippen molar-refractivity contribution in [2.45, 2.75) is 19.6 Å². The molecule has 0 amide bonds. The second-order valence-corrected chi connectivity index (χ2v) is 6.00. The van der Waals surface area contributed by atoms with Gasteiger partial charge in [0.15, 0.2) is 5.13 Å². The third-order valence-corrected chi connectivity index (χ3v) is 4.04. The summed E-state index contributed by atoms with van der Waals surface area (Å²) in [5, 5.41) is 0.243. The highest BCUT2D eigenvalue weighted by atomic mass is 32.1. The summed E-state index contributed by atoms with van der Waals surface area (Å²) in [5.74, 6) is -0.953. The number of hydrogen-bond acceptors (Lipinski definition) is 4. The molecular formula is C14H15F4N3S. The molecule has 0 saturated carbocycles. The second kappa shape index (κ2) is 6.21. The molecule has 0 fully saturated rings. The summed E-state index contributed by atoms with van der Waals surface area (Å²) < 4.78 is 52.0. The summed E-state index contributed by atoms with van der Waals surface area (Å²) in [4.78, 5) is 6.74. The third-order valence-electron chi connectivity index (χ3n) is 3.17. The molecule has 0 bridgehead atoms. The number of benzene rings is 1. The fourth-order valence-corrected chi connectivity index (χ4v) is 2.88. The predicted octanol–water partition coefficient (Wildman–Crippen LogP) is 4.00. The first kappa shape index (κ1) is 16.7. The van der Waals surface area contributed by atoms with Gasteiger partial charge in [0.2, 0.25) is 0 Å². The molecule has 2 N–H and O–H groups in total. The minimum Gasteiger partial charge on any atom is -0.375 e. The van der Waals surface area contributed by atoms with E-state index in [4.69, 9.17) is 5.73 Å². The van der Waals surface area contributed by atoms with E-state index >= 15 is 0 Å². The maximum Gasteiger partial charge on any atom is 0.416 e. The number of nitrogens with zero attached hydrogens (tertiary/aromatic N) is 2. The zero-order valence-electron chi connectivity index (χ0n) is 12.0. The number of hydrogen-bond donors (Lipinski definition) is 1. The molecule has 1 aromatic carbocycles. The van der Waals surface area contributed by atoms with Crippen LogP contribution in [0.5, 0.6) is 0 Å². The maximum absolute atomic E-state index is 13.5. The minimum atomic E-state index is -4.61. The van der Waals surface area contributed by atoms with Crippen molar-refractivity contribution in [1.82, 2.24) is 9.88 Å². The number of anilines is 1. The number of nitrogens with two attached hydrogens (primary N) is 1. The Morgan fingerprint density at radius 3 is 2.55 bits per heavy atom. The monoisotopic (exact) mass is 333 g/mol. The lowest BCUT2D eigenvalue weighted by Crippen LogP contribution is -2.16. The number of halogens is 4. The smallest absolute Gasteiger partial charge is 0.375 e. The summed E-state index contributed by atoms with van der Waals surface area (Å²) >= 11 is 1.19. The third kappa shape index (κ3) is 3.75. The molecule has 0 spiro atoms. The van der Waals surface area contributed by atoms with Gasteiger partial charge in [0.1, 0.15) is 5.82 Å². The second-order valence-electron chi connectivity index (χ2n) is 4.88. The van der Waals surface area contributed by atoms with Gasteiger partial charge in [-0.1, -0.05) is 6.92 Å². The van der Waals surface area contributed by atoms with Crippen molar-refractivity contribution in [2.24, 2.45) is 0 Å². The van der Waals surface area contributed by atoms with Crippen LogP contribution in [0.25, 0.3) is 11.3 Å². The van der Waals surface area contributed by atoms with Crippen LogP contribution in [0.1, 0.15) is 17.4 Å². The van der Waals surface area contributed by atoms with Gasteiger partial charge < -0.3 is 10.6 Å². The fourth-order valence-electron chi connectivity index (χ4n) is 1.95. The molecule has 120 valence electrons. The van der Waals surface area contributed by atoms with Crippen LogP contribution in [0.2, 0.25) is 0 Å². The average molecular weight is 333 g/mol. The molecule has 0 radical (unpaired) electrons. The van der Waals surface area contributed by atoms with Crippen molar-refractivity contribution in [1.29, 1.82) is 0 Å². The van der Waals surface area contributed by atoms with Gasteiger partial charge in [0, 0.05) is 17.0 Å². The fraction of sp³-hybridized carbons (Fsp3) is 0.357. The standard InChI is InChI=1S/C14H15F4N3S/c1-3-21(2)7-11-12(20-13(19)22-11)8-4-9(14(16,17)18)6-10(15)5-8/h4-6H,3,7H2,1-2H3,(H2,19,20). The van der Waals surface area contributed by atoms with E-state index in [0.29, 0.717) is 23.2 Å². The Labute approximate surface area is 129 Å². The van der Waals surface area contributed by atoms with E-state index in [2.05, 4.69) is 4.98 Å². The molecule has 1 aromatic heterocycles. The Bertz CT molecular complexity index is 667. The Morgan fingerprint density at radius 1 is 1.27 bits per heavy atom. The Kier molecular flexibility index (Phi) is 4.72. The van der Waals surface area contributed by atoms with Gasteiger partial charge in [0.25, 0.3) is 0 Å². The largest absolute Gasteiger partial charge is 0.416 e. The van der Waals surface area contributed by atoms with Gasteiger partial charge in [-0.25, -0.2) is 9.37 Å². The molecule has 2 aromatic rings. The zero-order chi connectivity index (χ0) is 16.5. The van der Waals surface area contributed by atoms with Crippen LogP contribution in [0.4, 0.5) is 22.7 Å². The van der Waals surface area contributed by atoms with Gasteiger partial charge in [0.05, 0.1) is 11.3 Å². The lowest BCUT2D eigenvalue weighted by molar-refractivity contribution is -0.137. The Hall–Kier alpha value is -1.67. The molecule has 8 heteroatoms. The average Bonchev–Trinajstić information content (AvgIpc) is 2.77. The number of nitrogen functional groups attached to an aromatic ring is 1. The SMILES string of the molecule is CCN(C)Cc1sc(N)nc1-c1cc(F)cc(C(F)(F)F)c1. The summed E-state index contributed by atoms with van der Waals surface area (Å²) in [7, 11) is 1.87. The van der Waals surface area contributed by atoms with Crippen LogP contribution in [0.3, 0.4) is 0 Å². The van der Waals surface area contributed by atoms with E-state index in [1.807, 2.05) is 18.9 Å². The summed E-state index contributed by atoms with van der Waals surface area (Å²) in [6.07, 6.45) is -4.61. The first-order valence-corrected chi connectivity index (χ1v) is 7.34. The normalized spacial score (nSPS) is 12.1. The summed E-state index contributed by atoms with van der Waals surface area (Å²) in [6.45, 7) is 3.20. The maximum atomic E-state index is 13.5. The van der Waals surface area contributed by atoms with E-state index in [9.17, 15) is 17.6 Å². The van der Waals surface area contributed by atoms with E-state index < -0.39 is 17.6 Å². The molecule has 0 aliphatic carbocycles. The number of aromatic nitrogens is 1. The Balaban J connectivity index is 2.50. The molecule has 3 nitrogen and oxygen atoms in total. The summed E-state index contributed by atoms with van der Waals surface area (Å²) in [5.41, 5.74) is 5.01. The van der Waals surface area contributed by atoms with Crippen molar-refractivity contribution in [3.63, 3.8) is 0 Å². The molecule has 1 heterocycles. The van der Waals surface area contributed by atoms with Gasteiger partial charge in [-0.15, -0.1) is 11.3 Å². The van der Waals surface area contributed by atoms with Crippen LogP contribution in [0.15, 0.2) is 18.2 Å². The van der Waals surface area contributed by atoms with Crippen molar-refractivity contribution in [3.05, 3.63) is 34.5 Å². The molecule has 22 heavy (non-hydrogen) atoms. The van der Waals surface area contributed by atoms with Crippen LogP contribution in [0, 0.1) is 5.82 Å². The first-order valence-electron chi connectivity index (χ1n) is 6.52. The van der Waals surface area contributed by atoms with Crippen molar-refractivity contribution in [2.75, 3.05) is 19.3 Å². The highest BCUT2D eigenvalue weighted by Crippen LogP contribution is 2.36. The van der Waals surface area contributed by atoms with Crippen LogP contribution in [-0.4, -0.2) is 23.5 Å². The number of rotatable bonds is 4. The van der Waals surface area contributed by atoms with Crippen LogP contribution in [-0.2, 0) is 12.7 Å². The van der Waals surface area contributed by atoms with Crippen molar-refractivity contribution >= 4 is 16.5 Å². The van der Waals surface area contributed by atoms with Gasteiger partial charge >= 0.3 is 6.18 Å². The zero-order valence-corrected chi connectivity index (χ0v) is 12.9. The molecule has 0 unspecified atom stereocenters. The molecule has 0 aliphatic heterocycles. The summed E-state index contributed by atoms with van der Waals surface area (Å²) in [6, 6.07) is 2.41. The van der Waals surface area contributed by atoms with Crippen molar-refractivity contribution < 1.29 is 17.6 Å². The topological polar surface area (TPSA) is 42.1 Å². The van der Waals surface area contributed by atoms with E-state index in [-0.39, 0.29) is 10.7 Å². The lowest BCUT2D eigenvalue weighted by atomic mass is 10.1. The van der Waals surface area contributed by atoms with Gasteiger partial charge in [-0.2, -0.15) is 13.2 Å². The minimum absolute atomic E-state index is 0.0831. The van der Waals surface area contributed by atoms with Crippen molar-refractivity contribution in [3.8, 4) is 11.3 Å². The molecule has 0 saturated heterocycles. The highest BCUT2D eigenvalue weighted by Gasteiger charge is 2.32. The number of thiazole rings is 1. The molecular weight excluding hydrogens is 318 g/mol. The predicted molar refractivity (Wildman–Crippen MR) is 78.9 cm³/mol. The highest BCUT2D eigenvalue weighted by molar-refractivity contribution is 7.15. The molecule has 0 atom stereocenters. The van der Waals surface area contributed by atoms with E-state index in [1.165, 1.54) is 11.3 Å². The van der Waals surface area contributed by atoms with Gasteiger partial charge in [-0.05, 0) is 31.8 Å².